The van der Waals surface area contributed by atoms with E-state index in [2.05, 4.69) is 48.0 Å². The van der Waals surface area contributed by atoms with Crippen LogP contribution in [-0.2, 0) is 6.54 Å². The van der Waals surface area contributed by atoms with Gasteiger partial charge in [-0.3, -0.25) is 4.90 Å². The highest BCUT2D eigenvalue weighted by Gasteiger charge is 2.26. The molecule has 2 rings (SSSR count). The molecule has 2 heterocycles. The zero-order chi connectivity index (χ0) is 13.8. The number of aromatic nitrogens is 3. The van der Waals surface area contributed by atoms with Gasteiger partial charge >= 0.3 is 0 Å². The summed E-state index contributed by atoms with van der Waals surface area (Å²) in [5.41, 5.74) is 0. The molecule has 1 fully saturated rings. The van der Waals surface area contributed by atoms with E-state index in [1.807, 2.05) is 4.68 Å². The predicted molar refractivity (Wildman–Crippen MR) is 76.9 cm³/mol. The number of piperidine rings is 1. The second kappa shape index (κ2) is 6.48. The van der Waals surface area contributed by atoms with Gasteiger partial charge in [-0.15, -0.1) is 0 Å². The van der Waals surface area contributed by atoms with Gasteiger partial charge < -0.3 is 5.32 Å². The van der Waals surface area contributed by atoms with Crippen molar-refractivity contribution in [3.05, 3.63) is 12.2 Å². The first-order valence-electron chi connectivity index (χ1n) is 7.46. The average Bonchev–Trinajstić information content (AvgIpc) is 2.81. The van der Waals surface area contributed by atoms with Crippen LogP contribution >= 0.6 is 0 Å². The number of likely N-dealkylation sites (tertiary alicyclic amines) is 1. The van der Waals surface area contributed by atoms with Gasteiger partial charge in [-0.05, 0) is 32.7 Å². The van der Waals surface area contributed by atoms with Gasteiger partial charge in [0.2, 0.25) is 0 Å². The van der Waals surface area contributed by atoms with Gasteiger partial charge in [0.25, 0.3) is 0 Å². The number of rotatable bonds is 5. The van der Waals surface area contributed by atoms with Gasteiger partial charge in [-0.1, -0.05) is 13.8 Å². The predicted octanol–water partition coefficient (Wildman–Crippen LogP) is 1.68. The first kappa shape index (κ1) is 14.5. The van der Waals surface area contributed by atoms with Crippen molar-refractivity contribution in [1.29, 1.82) is 0 Å². The molecular formula is C14H27N5. The lowest BCUT2D eigenvalue weighted by atomic mass is 9.94. The second-order valence-corrected chi connectivity index (χ2v) is 5.88. The van der Waals surface area contributed by atoms with E-state index in [-0.39, 0.29) is 0 Å². The van der Waals surface area contributed by atoms with Crippen molar-refractivity contribution in [3.63, 3.8) is 0 Å². The Morgan fingerprint density at radius 3 is 2.89 bits per heavy atom. The highest BCUT2D eigenvalue weighted by atomic mass is 15.4. The molecule has 108 valence electrons. The SMILES string of the molecule is CCNC1CCN(Cc2ncnn2C(C)C)CC1C. The van der Waals surface area contributed by atoms with Crippen molar-refractivity contribution < 1.29 is 0 Å². The lowest BCUT2D eigenvalue weighted by Crippen LogP contribution is -2.48. The first-order valence-corrected chi connectivity index (χ1v) is 7.46. The quantitative estimate of drug-likeness (QED) is 0.880. The highest BCUT2D eigenvalue weighted by Crippen LogP contribution is 2.19. The van der Waals surface area contributed by atoms with E-state index in [0.29, 0.717) is 18.0 Å². The van der Waals surface area contributed by atoms with Gasteiger partial charge in [-0.25, -0.2) is 9.67 Å². The standard InChI is InChI=1S/C14H27N5/c1-5-15-13-6-7-18(8-12(13)4)9-14-16-10-17-19(14)11(2)3/h10-13,15H,5-9H2,1-4H3. The summed E-state index contributed by atoms with van der Waals surface area (Å²) in [6.07, 6.45) is 2.90. The smallest absolute Gasteiger partial charge is 0.141 e. The van der Waals surface area contributed by atoms with E-state index in [0.717, 1.165) is 32.0 Å². The average molecular weight is 265 g/mol. The van der Waals surface area contributed by atoms with Crippen LogP contribution in [0.25, 0.3) is 0 Å². The van der Waals surface area contributed by atoms with Crippen molar-refractivity contribution in [1.82, 2.24) is 25.0 Å². The summed E-state index contributed by atoms with van der Waals surface area (Å²) in [5.74, 6) is 1.79. The number of nitrogens with zero attached hydrogens (tertiary/aromatic N) is 4. The van der Waals surface area contributed by atoms with Crippen LogP contribution in [0.4, 0.5) is 0 Å². The van der Waals surface area contributed by atoms with E-state index in [1.54, 1.807) is 6.33 Å². The lowest BCUT2D eigenvalue weighted by Gasteiger charge is -2.37. The molecule has 0 radical (unpaired) electrons. The molecule has 0 aliphatic carbocycles. The molecule has 1 saturated heterocycles. The fourth-order valence-electron chi connectivity index (χ4n) is 2.96. The fraction of sp³-hybridized carbons (Fsp3) is 0.857. The van der Waals surface area contributed by atoms with Gasteiger partial charge in [-0.2, -0.15) is 5.10 Å². The van der Waals surface area contributed by atoms with Gasteiger partial charge in [0.05, 0.1) is 6.54 Å². The van der Waals surface area contributed by atoms with Crippen molar-refractivity contribution in [2.24, 2.45) is 5.92 Å². The van der Waals surface area contributed by atoms with Crippen LogP contribution in [0.1, 0.15) is 46.0 Å². The third-order valence-corrected chi connectivity index (χ3v) is 3.96. The lowest BCUT2D eigenvalue weighted by molar-refractivity contribution is 0.137. The minimum Gasteiger partial charge on any atom is -0.314 e. The summed E-state index contributed by atoms with van der Waals surface area (Å²) in [6, 6.07) is 1.05. The summed E-state index contributed by atoms with van der Waals surface area (Å²) < 4.78 is 2.03. The topological polar surface area (TPSA) is 46.0 Å². The largest absolute Gasteiger partial charge is 0.314 e. The summed E-state index contributed by atoms with van der Waals surface area (Å²) in [6.45, 7) is 13.1. The number of nitrogens with one attached hydrogen (secondary N) is 1. The molecule has 1 N–H and O–H groups in total. The Labute approximate surface area is 116 Å². The Bertz CT molecular complexity index is 387. The van der Waals surface area contributed by atoms with Gasteiger partial charge in [0.15, 0.2) is 0 Å². The van der Waals surface area contributed by atoms with E-state index in [9.17, 15) is 0 Å². The van der Waals surface area contributed by atoms with Crippen LogP contribution < -0.4 is 5.32 Å². The Kier molecular flexibility index (Phi) is 4.93. The molecule has 1 aromatic heterocycles. The first-order chi connectivity index (χ1) is 9.11. The Morgan fingerprint density at radius 2 is 2.26 bits per heavy atom. The Balaban J connectivity index is 1.92. The van der Waals surface area contributed by atoms with E-state index in [1.165, 1.54) is 6.42 Å². The fourth-order valence-corrected chi connectivity index (χ4v) is 2.96. The number of hydrogen-bond donors (Lipinski definition) is 1. The normalized spacial score (nSPS) is 25.1. The Hall–Kier alpha value is -0.940. The van der Waals surface area contributed by atoms with Crippen LogP contribution in [0, 0.1) is 5.92 Å². The zero-order valence-electron chi connectivity index (χ0n) is 12.6. The molecule has 19 heavy (non-hydrogen) atoms. The van der Waals surface area contributed by atoms with Crippen molar-refractivity contribution >= 4 is 0 Å². The van der Waals surface area contributed by atoms with Gasteiger partial charge in [0, 0.05) is 25.2 Å². The monoisotopic (exact) mass is 265 g/mol. The molecule has 1 aliphatic heterocycles. The molecule has 1 aromatic rings. The zero-order valence-corrected chi connectivity index (χ0v) is 12.6. The highest BCUT2D eigenvalue weighted by molar-refractivity contribution is 4.90. The molecule has 0 bridgehead atoms. The molecule has 5 nitrogen and oxygen atoms in total. The van der Waals surface area contributed by atoms with E-state index in [4.69, 9.17) is 0 Å². The third-order valence-electron chi connectivity index (χ3n) is 3.96. The summed E-state index contributed by atoms with van der Waals surface area (Å²) in [4.78, 5) is 6.91. The van der Waals surface area contributed by atoms with Gasteiger partial charge in [0.1, 0.15) is 12.2 Å². The molecule has 0 spiro atoms. The summed E-state index contributed by atoms with van der Waals surface area (Å²) in [5, 5.41) is 7.89. The van der Waals surface area contributed by atoms with Crippen LogP contribution in [0.2, 0.25) is 0 Å². The Morgan fingerprint density at radius 1 is 1.47 bits per heavy atom. The maximum atomic E-state index is 4.41. The molecule has 2 unspecified atom stereocenters. The third kappa shape index (κ3) is 3.54. The maximum absolute atomic E-state index is 4.41. The van der Waals surface area contributed by atoms with Crippen LogP contribution in [0.5, 0.6) is 0 Å². The molecule has 1 aliphatic rings. The number of hydrogen-bond acceptors (Lipinski definition) is 4. The van der Waals surface area contributed by atoms with E-state index >= 15 is 0 Å². The summed E-state index contributed by atoms with van der Waals surface area (Å²) in [7, 11) is 0. The second-order valence-electron chi connectivity index (χ2n) is 5.88. The minimum atomic E-state index is 0.384. The van der Waals surface area contributed by atoms with Crippen LogP contribution in [-0.4, -0.2) is 45.3 Å². The molecule has 0 aromatic carbocycles. The van der Waals surface area contributed by atoms with Crippen LogP contribution in [0.3, 0.4) is 0 Å². The molecule has 5 heteroatoms. The molecular weight excluding hydrogens is 238 g/mol. The van der Waals surface area contributed by atoms with Crippen molar-refractivity contribution in [2.75, 3.05) is 19.6 Å². The van der Waals surface area contributed by atoms with Crippen LogP contribution in [0.15, 0.2) is 6.33 Å². The molecule has 0 saturated carbocycles. The maximum Gasteiger partial charge on any atom is 0.141 e. The molecule has 0 amide bonds. The summed E-state index contributed by atoms with van der Waals surface area (Å²) >= 11 is 0. The molecule has 2 atom stereocenters. The van der Waals surface area contributed by atoms with Crippen molar-refractivity contribution in [2.45, 2.75) is 52.7 Å². The van der Waals surface area contributed by atoms with E-state index < -0.39 is 0 Å². The van der Waals surface area contributed by atoms with Crippen molar-refractivity contribution in [3.8, 4) is 0 Å². The minimum absolute atomic E-state index is 0.384.